The standard InChI is InChI=1S/C15H19FN4S/c1-10(2)7-11-8-14(20-17)19-15(18-11)9-21-13-6-4-3-5-12(13)16/h3-6,8,10H,7,9,17H2,1-2H3,(H,18,19,20). The smallest absolute Gasteiger partial charge is 0.143 e. The van der Waals surface area contributed by atoms with Crippen molar-refractivity contribution < 1.29 is 4.39 Å². The molecule has 21 heavy (non-hydrogen) atoms. The second-order valence-electron chi connectivity index (χ2n) is 5.12. The number of nitrogen functional groups attached to an aromatic ring is 1. The largest absolute Gasteiger partial charge is 0.308 e. The fraction of sp³-hybridized carbons (Fsp3) is 0.333. The topological polar surface area (TPSA) is 63.8 Å². The van der Waals surface area contributed by atoms with Crippen LogP contribution in [0.15, 0.2) is 35.2 Å². The molecule has 0 unspecified atom stereocenters. The fourth-order valence-electron chi connectivity index (χ4n) is 1.92. The lowest BCUT2D eigenvalue weighted by atomic mass is 10.1. The van der Waals surface area contributed by atoms with Gasteiger partial charge in [-0.15, -0.1) is 11.8 Å². The van der Waals surface area contributed by atoms with Crippen LogP contribution in [-0.2, 0) is 12.2 Å². The van der Waals surface area contributed by atoms with Gasteiger partial charge in [0.05, 0.1) is 5.75 Å². The molecule has 0 aliphatic rings. The normalized spacial score (nSPS) is 10.9. The Morgan fingerprint density at radius 3 is 2.71 bits per heavy atom. The van der Waals surface area contributed by atoms with Crippen LogP contribution in [0.1, 0.15) is 25.4 Å². The number of rotatable bonds is 6. The van der Waals surface area contributed by atoms with Crippen LogP contribution in [0.4, 0.5) is 10.2 Å². The van der Waals surface area contributed by atoms with E-state index >= 15 is 0 Å². The molecule has 0 bridgehead atoms. The monoisotopic (exact) mass is 306 g/mol. The summed E-state index contributed by atoms with van der Waals surface area (Å²) in [5, 5.41) is 0. The number of benzene rings is 1. The van der Waals surface area contributed by atoms with Crippen LogP contribution in [0, 0.1) is 11.7 Å². The van der Waals surface area contributed by atoms with E-state index in [0.717, 1.165) is 12.1 Å². The van der Waals surface area contributed by atoms with Gasteiger partial charge in [0.25, 0.3) is 0 Å². The van der Waals surface area contributed by atoms with Crippen LogP contribution in [0.25, 0.3) is 0 Å². The van der Waals surface area contributed by atoms with Crippen LogP contribution in [0.3, 0.4) is 0 Å². The van der Waals surface area contributed by atoms with E-state index in [4.69, 9.17) is 5.84 Å². The van der Waals surface area contributed by atoms with Crippen molar-refractivity contribution in [1.29, 1.82) is 0 Å². The molecule has 4 nitrogen and oxygen atoms in total. The average molecular weight is 306 g/mol. The summed E-state index contributed by atoms with van der Waals surface area (Å²) in [4.78, 5) is 9.42. The van der Waals surface area contributed by atoms with Gasteiger partial charge in [-0.2, -0.15) is 0 Å². The Morgan fingerprint density at radius 2 is 2.05 bits per heavy atom. The first-order chi connectivity index (χ1) is 10.1. The molecule has 0 radical (unpaired) electrons. The molecule has 2 rings (SSSR count). The van der Waals surface area contributed by atoms with Gasteiger partial charge in [-0.1, -0.05) is 26.0 Å². The molecule has 0 aliphatic heterocycles. The predicted octanol–water partition coefficient (Wildman–Crippen LogP) is 3.39. The van der Waals surface area contributed by atoms with Gasteiger partial charge in [-0.05, 0) is 24.5 Å². The Bertz CT molecular complexity index is 604. The number of nitrogens with zero attached hydrogens (tertiary/aromatic N) is 2. The van der Waals surface area contributed by atoms with E-state index in [9.17, 15) is 4.39 Å². The highest BCUT2D eigenvalue weighted by atomic mass is 32.2. The number of nitrogens with one attached hydrogen (secondary N) is 1. The zero-order chi connectivity index (χ0) is 15.2. The van der Waals surface area contributed by atoms with Crippen molar-refractivity contribution in [2.24, 2.45) is 11.8 Å². The van der Waals surface area contributed by atoms with E-state index in [2.05, 4.69) is 29.2 Å². The highest BCUT2D eigenvalue weighted by Crippen LogP contribution is 2.24. The molecule has 2 aromatic rings. The van der Waals surface area contributed by atoms with Gasteiger partial charge in [0.15, 0.2) is 0 Å². The molecule has 0 aliphatic carbocycles. The molecule has 0 saturated carbocycles. The van der Waals surface area contributed by atoms with Crippen molar-refractivity contribution in [3.8, 4) is 0 Å². The van der Waals surface area contributed by atoms with Gasteiger partial charge >= 0.3 is 0 Å². The lowest BCUT2D eigenvalue weighted by molar-refractivity contribution is 0.602. The summed E-state index contributed by atoms with van der Waals surface area (Å²) in [6.45, 7) is 4.26. The van der Waals surface area contributed by atoms with Gasteiger partial charge in [0.1, 0.15) is 17.5 Å². The van der Waals surface area contributed by atoms with Crippen molar-refractivity contribution in [1.82, 2.24) is 9.97 Å². The minimum Gasteiger partial charge on any atom is -0.308 e. The summed E-state index contributed by atoms with van der Waals surface area (Å²) >= 11 is 1.38. The molecule has 112 valence electrons. The Hall–Kier alpha value is -1.66. The van der Waals surface area contributed by atoms with Crippen LogP contribution >= 0.6 is 11.8 Å². The highest BCUT2D eigenvalue weighted by molar-refractivity contribution is 7.98. The van der Waals surface area contributed by atoms with Gasteiger partial charge < -0.3 is 5.43 Å². The molecule has 0 fully saturated rings. The van der Waals surface area contributed by atoms with E-state index in [0.29, 0.717) is 28.2 Å². The molecule has 0 amide bonds. The van der Waals surface area contributed by atoms with E-state index in [1.807, 2.05) is 12.1 Å². The van der Waals surface area contributed by atoms with Gasteiger partial charge in [0, 0.05) is 16.7 Å². The maximum absolute atomic E-state index is 13.6. The number of anilines is 1. The Balaban J connectivity index is 2.13. The lowest BCUT2D eigenvalue weighted by Gasteiger charge is -2.09. The van der Waals surface area contributed by atoms with Crippen molar-refractivity contribution in [2.75, 3.05) is 5.43 Å². The van der Waals surface area contributed by atoms with Crippen molar-refractivity contribution >= 4 is 17.6 Å². The second-order valence-corrected chi connectivity index (χ2v) is 6.14. The summed E-state index contributed by atoms with van der Waals surface area (Å²) in [6.07, 6.45) is 0.856. The number of hydrazine groups is 1. The van der Waals surface area contributed by atoms with E-state index in [1.54, 1.807) is 12.1 Å². The minimum absolute atomic E-state index is 0.224. The number of hydrogen-bond acceptors (Lipinski definition) is 5. The third kappa shape index (κ3) is 4.68. The van der Waals surface area contributed by atoms with E-state index in [-0.39, 0.29) is 5.82 Å². The quantitative estimate of drug-likeness (QED) is 0.486. The Morgan fingerprint density at radius 1 is 1.29 bits per heavy atom. The lowest BCUT2D eigenvalue weighted by Crippen LogP contribution is -2.12. The highest BCUT2D eigenvalue weighted by Gasteiger charge is 2.08. The molecule has 1 heterocycles. The number of hydrogen-bond donors (Lipinski definition) is 2. The molecule has 0 spiro atoms. The first kappa shape index (κ1) is 15.7. The molecule has 1 aromatic heterocycles. The maximum atomic E-state index is 13.6. The molecule has 3 N–H and O–H groups in total. The SMILES string of the molecule is CC(C)Cc1cc(NN)nc(CSc2ccccc2F)n1. The van der Waals surface area contributed by atoms with Gasteiger partial charge in [-0.25, -0.2) is 20.2 Å². The number of thioether (sulfide) groups is 1. The molecular weight excluding hydrogens is 287 g/mol. The summed E-state index contributed by atoms with van der Waals surface area (Å²) in [5.74, 6) is 7.45. The first-order valence-corrected chi connectivity index (χ1v) is 7.78. The first-order valence-electron chi connectivity index (χ1n) is 6.79. The minimum atomic E-state index is -0.224. The van der Waals surface area contributed by atoms with E-state index in [1.165, 1.54) is 17.8 Å². The second kappa shape index (κ2) is 7.38. The Kier molecular flexibility index (Phi) is 5.52. The van der Waals surface area contributed by atoms with Crippen molar-refractivity contribution in [3.05, 3.63) is 47.7 Å². The molecule has 6 heteroatoms. The van der Waals surface area contributed by atoms with Crippen LogP contribution in [0.2, 0.25) is 0 Å². The predicted molar refractivity (Wildman–Crippen MR) is 84.3 cm³/mol. The molecule has 0 atom stereocenters. The fourth-order valence-corrected chi connectivity index (χ4v) is 2.71. The van der Waals surface area contributed by atoms with Crippen LogP contribution in [0.5, 0.6) is 0 Å². The summed E-state index contributed by atoms with van der Waals surface area (Å²) in [7, 11) is 0. The maximum Gasteiger partial charge on any atom is 0.143 e. The number of nitrogens with two attached hydrogens (primary N) is 1. The number of halogens is 1. The molecule has 0 saturated heterocycles. The third-order valence-electron chi connectivity index (χ3n) is 2.78. The zero-order valence-corrected chi connectivity index (χ0v) is 13.0. The van der Waals surface area contributed by atoms with Crippen molar-refractivity contribution in [3.63, 3.8) is 0 Å². The average Bonchev–Trinajstić information content (AvgIpc) is 2.45. The van der Waals surface area contributed by atoms with Crippen LogP contribution < -0.4 is 11.3 Å². The third-order valence-corrected chi connectivity index (χ3v) is 3.83. The molecular formula is C15H19FN4S. The van der Waals surface area contributed by atoms with Gasteiger partial charge in [-0.3, -0.25) is 0 Å². The van der Waals surface area contributed by atoms with Crippen molar-refractivity contribution in [2.45, 2.75) is 30.9 Å². The zero-order valence-electron chi connectivity index (χ0n) is 12.1. The number of aromatic nitrogens is 2. The summed E-state index contributed by atoms with van der Waals surface area (Å²) < 4.78 is 13.6. The Labute approximate surface area is 128 Å². The van der Waals surface area contributed by atoms with Crippen LogP contribution in [-0.4, -0.2) is 9.97 Å². The summed E-state index contributed by atoms with van der Waals surface area (Å²) in [6, 6.07) is 8.53. The van der Waals surface area contributed by atoms with Gasteiger partial charge in [0.2, 0.25) is 0 Å². The van der Waals surface area contributed by atoms with E-state index < -0.39 is 0 Å². The molecule has 1 aromatic carbocycles. The summed E-state index contributed by atoms with van der Waals surface area (Å²) in [5.41, 5.74) is 3.50.